The predicted octanol–water partition coefficient (Wildman–Crippen LogP) is 4.94. The van der Waals surface area contributed by atoms with Gasteiger partial charge in [-0.1, -0.05) is 67.6 Å². The maximum Gasteiger partial charge on any atom is 0.243 e. The largest absolute Gasteiger partial charge is 0.495 e. The van der Waals surface area contributed by atoms with Gasteiger partial charge in [0.25, 0.3) is 0 Å². The SMILES string of the molecule is CC[C@H](C)NC(=O)[C@@H](Cc1ccccc1)N(Cc1ccccc1F)C(=O)CCCN(c1ccccc1OC)S(C)(=O)=O. The van der Waals surface area contributed by atoms with Crippen LogP contribution in [-0.4, -0.2) is 57.1 Å². The molecule has 0 fully saturated rings. The molecular formula is C32H40FN3O5S. The van der Waals surface area contributed by atoms with Crippen LogP contribution < -0.4 is 14.4 Å². The summed E-state index contributed by atoms with van der Waals surface area (Å²) in [6.07, 6.45) is 2.15. The van der Waals surface area contributed by atoms with E-state index in [0.29, 0.717) is 17.9 Å². The highest BCUT2D eigenvalue weighted by molar-refractivity contribution is 7.92. The van der Waals surface area contributed by atoms with Gasteiger partial charge in [0.2, 0.25) is 21.8 Å². The van der Waals surface area contributed by atoms with Crippen molar-refractivity contribution < 1.29 is 27.1 Å². The van der Waals surface area contributed by atoms with Crippen molar-refractivity contribution in [3.8, 4) is 5.75 Å². The van der Waals surface area contributed by atoms with Crippen LogP contribution in [0.15, 0.2) is 78.9 Å². The van der Waals surface area contributed by atoms with Gasteiger partial charge in [0.05, 0.1) is 19.1 Å². The fourth-order valence-electron chi connectivity index (χ4n) is 4.62. The molecule has 1 N–H and O–H groups in total. The second-order valence-electron chi connectivity index (χ2n) is 10.2. The van der Waals surface area contributed by atoms with Crippen molar-refractivity contribution in [2.45, 2.75) is 58.2 Å². The molecule has 2 atom stereocenters. The van der Waals surface area contributed by atoms with Crippen molar-refractivity contribution >= 4 is 27.5 Å². The molecule has 42 heavy (non-hydrogen) atoms. The Morgan fingerprint density at radius 1 is 0.976 bits per heavy atom. The average molecular weight is 598 g/mol. The second-order valence-corrected chi connectivity index (χ2v) is 12.2. The van der Waals surface area contributed by atoms with Gasteiger partial charge in [0.1, 0.15) is 17.6 Å². The molecule has 0 radical (unpaired) electrons. The molecule has 0 saturated carbocycles. The molecule has 3 aromatic carbocycles. The van der Waals surface area contributed by atoms with E-state index in [1.54, 1.807) is 42.5 Å². The molecule has 0 spiro atoms. The number of ether oxygens (including phenoxy) is 1. The summed E-state index contributed by atoms with van der Waals surface area (Å²) in [5.74, 6) is -0.799. The van der Waals surface area contributed by atoms with Gasteiger partial charge in [-0.3, -0.25) is 13.9 Å². The molecule has 2 amide bonds. The van der Waals surface area contributed by atoms with E-state index in [-0.39, 0.29) is 55.8 Å². The molecule has 0 unspecified atom stereocenters. The lowest BCUT2D eigenvalue weighted by Gasteiger charge is -2.33. The summed E-state index contributed by atoms with van der Waals surface area (Å²) in [6.45, 7) is 3.74. The summed E-state index contributed by atoms with van der Waals surface area (Å²) in [5.41, 5.74) is 1.51. The van der Waals surface area contributed by atoms with Gasteiger partial charge in [0.15, 0.2) is 0 Å². The number of sulfonamides is 1. The predicted molar refractivity (Wildman–Crippen MR) is 163 cm³/mol. The smallest absolute Gasteiger partial charge is 0.243 e. The molecule has 0 aliphatic carbocycles. The molecule has 3 aromatic rings. The van der Waals surface area contributed by atoms with Crippen LogP contribution in [0.5, 0.6) is 5.75 Å². The third kappa shape index (κ3) is 9.04. The zero-order valence-electron chi connectivity index (χ0n) is 24.6. The maximum absolute atomic E-state index is 14.8. The zero-order chi connectivity index (χ0) is 30.7. The summed E-state index contributed by atoms with van der Waals surface area (Å²) in [4.78, 5) is 28.9. The monoisotopic (exact) mass is 597 g/mol. The number of nitrogens with zero attached hydrogens (tertiary/aromatic N) is 2. The first-order valence-corrected chi connectivity index (χ1v) is 15.9. The molecule has 0 aliphatic rings. The Kier molecular flexibility index (Phi) is 11.9. The highest BCUT2D eigenvalue weighted by Crippen LogP contribution is 2.30. The number of carbonyl (C=O) groups is 2. The van der Waals surface area contributed by atoms with E-state index in [0.717, 1.165) is 11.8 Å². The number of anilines is 1. The first-order valence-electron chi connectivity index (χ1n) is 14.0. The molecule has 0 bridgehead atoms. The third-order valence-corrected chi connectivity index (χ3v) is 8.26. The van der Waals surface area contributed by atoms with Gasteiger partial charge in [0, 0.05) is 37.5 Å². The van der Waals surface area contributed by atoms with Crippen molar-refractivity contribution in [3.63, 3.8) is 0 Å². The van der Waals surface area contributed by atoms with Crippen LogP contribution in [0, 0.1) is 5.82 Å². The van der Waals surface area contributed by atoms with Crippen LogP contribution in [0.4, 0.5) is 10.1 Å². The van der Waals surface area contributed by atoms with Crippen molar-refractivity contribution in [1.82, 2.24) is 10.2 Å². The van der Waals surface area contributed by atoms with E-state index >= 15 is 0 Å². The number of methoxy groups -OCH3 is 1. The van der Waals surface area contributed by atoms with E-state index in [4.69, 9.17) is 4.74 Å². The van der Waals surface area contributed by atoms with Crippen LogP contribution in [-0.2, 0) is 32.6 Å². The highest BCUT2D eigenvalue weighted by Gasteiger charge is 2.31. The molecule has 0 saturated heterocycles. The Bertz CT molecular complexity index is 1430. The summed E-state index contributed by atoms with van der Waals surface area (Å²) in [7, 11) is -2.24. The van der Waals surface area contributed by atoms with E-state index in [2.05, 4.69) is 5.32 Å². The fraction of sp³-hybridized carbons (Fsp3) is 0.375. The number of nitrogens with one attached hydrogen (secondary N) is 1. The van der Waals surface area contributed by atoms with E-state index < -0.39 is 21.9 Å². The van der Waals surface area contributed by atoms with Gasteiger partial charge in [-0.2, -0.15) is 0 Å². The van der Waals surface area contributed by atoms with Gasteiger partial charge in [-0.15, -0.1) is 0 Å². The minimum atomic E-state index is -3.70. The van der Waals surface area contributed by atoms with E-state index in [1.165, 1.54) is 22.4 Å². The number of hydrogen-bond acceptors (Lipinski definition) is 5. The number of carbonyl (C=O) groups excluding carboxylic acids is 2. The highest BCUT2D eigenvalue weighted by atomic mass is 32.2. The summed E-state index contributed by atoms with van der Waals surface area (Å²) < 4.78 is 46.8. The molecule has 226 valence electrons. The third-order valence-electron chi connectivity index (χ3n) is 7.08. The van der Waals surface area contributed by atoms with Gasteiger partial charge >= 0.3 is 0 Å². The molecule has 0 aromatic heterocycles. The zero-order valence-corrected chi connectivity index (χ0v) is 25.4. The Morgan fingerprint density at radius 3 is 2.26 bits per heavy atom. The lowest BCUT2D eigenvalue weighted by Crippen LogP contribution is -2.52. The van der Waals surface area contributed by atoms with Crippen molar-refractivity contribution in [2.75, 3.05) is 24.2 Å². The van der Waals surface area contributed by atoms with Crippen LogP contribution in [0.1, 0.15) is 44.2 Å². The van der Waals surface area contributed by atoms with Crippen molar-refractivity contribution in [3.05, 3.63) is 95.8 Å². The van der Waals surface area contributed by atoms with Crippen LogP contribution in [0.3, 0.4) is 0 Å². The number of rotatable bonds is 15. The summed E-state index contributed by atoms with van der Waals surface area (Å²) in [6, 6.07) is 21.2. The Labute approximate surface area is 248 Å². The normalized spacial score (nSPS) is 12.7. The van der Waals surface area contributed by atoms with Crippen LogP contribution in [0.25, 0.3) is 0 Å². The first kappa shape index (κ1) is 32.6. The Hall–Kier alpha value is -3.92. The fourth-order valence-corrected chi connectivity index (χ4v) is 5.59. The molecular weight excluding hydrogens is 557 g/mol. The van der Waals surface area contributed by atoms with Crippen molar-refractivity contribution in [1.29, 1.82) is 0 Å². The average Bonchev–Trinajstić information content (AvgIpc) is 2.97. The molecule has 10 heteroatoms. The Morgan fingerprint density at radius 2 is 1.62 bits per heavy atom. The number of para-hydroxylation sites is 2. The quantitative estimate of drug-likeness (QED) is 0.268. The first-order chi connectivity index (χ1) is 20.0. The molecule has 0 aliphatic heterocycles. The number of halogens is 1. The maximum atomic E-state index is 14.8. The van der Waals surface area contributed by atoms with Crippen LogP contribution in [0.2, 0.25) is 0 Å². The standard InChI is InChI=1S/C32H40FN3O5S/c1-5-24(2)34-32(38)29(22-25-14-7-6-8-15-25)35(23-26-16-9-10-17-27(26)33)31(37)20-13-21-36(42(4,39)40)28-18-11-12-19-30(28)41-3/h6-12,14-19,24,29H,5,13,20-23H2,1-4H3,(H,34,38)/t24-,29+/m0/s1. The topological polar surface area (TPSA) is 96.0 Å². The van der Waals surface area contributed by atoms with Crippen LogP contribution >= 0.6 is 0 Å². The van der Waals surface area contributed by atoms with Gasteiger partial charge < -0.3 is 15.0 Å². The van der Waals surface area contributed by atoms with Gasteiger partial charge in [-0.25, -0.2) is 12.8 Å². The molecule has 3 rings (SSSR count). The van der Waals surface area contributed by atoms with E-state index in [9.17, 15) is 22.4 Å². The van der Waals surface area contributed by atoms with Gasteiger partial charge in [-0.05, 0) is 43.5 Å². The number of amides is 2. The minimum Gasteiger partial charge on any atom is -0.495 e. The minimum absolute atomic E-state index is 0.0148. The van der Waals surface area contributed by atoms with Crippen molar-refractivity contribution in [2.24, 2.45) is 0 Å². The summed E-state index contributed by atoms with van der Waals surface area (Å²) >= 11 is 0. The number of benzene rings is 3. The Balaban J connectivity index is 1.91. The summed E-state index contributed by atoms with van der Waals surface area (Å²) in [5, 5.41) is 2.99. The lowest BCUT2D eigenvalue weighted by molar-refractivity contribution is -0.141. The molecule has 8 nitrogen and oxygen atoms in total. The second kappa shape index (κ2) is 15.3. The molecule has 0 heterocycles. The van der Waals surface area contributed by atoms with E-state index in [1.807, 2.05) is 44.2 Å². The number of hydrogen-bond donors (Lipinski definition) is 1. The lowest BCUT2D eigenvalue weighted by atomic mass is 10.0.